The molecule has 0 amide bonds. The molecule has 130 valence electrons. The quantitative estimate of drug-likeness (QED) is 0.539. The number of rotatable bonds is 4. The number of nitrogens with one attached hydrogen (secondary N) is 2. The van der Waals surface area contributed by atoms with Crippen molar-refractivity contribution in [2.24, 2.45) is 0 Å². The van der Waals surface area contributed by atoms with E-state index in [0.29, 0.717) is 5.56 Å². The summed E-state index contributed by atoms with van der Waals surface area (Å²) in [7, 11) is 0. The van der Waals surface area contributed by atoms with Crippen LogP contribution in [0.1, 0.15) is 22.3 Å². The molecule has 0 bridgehead atoms. The minimum atomic E-state index is 0.497. The SMILES string of the molecule is Cc1c(Nc2c(C#N)cncc2C=Cc2cccnc2)ccc2[nH]ccc12. The second-order valence-corrected chi connectivity index (χ2v) is 6.18. The first-order valence-electron chi connectivity index (χ1n) is 8.56. The van der Waals surface area contributed by atoms with Crippen LogP contribution in [0.15, 0.2) is 61.3 Å². The number of aromatic nitrogens is 3. The van der Waals surface area contributed by atoms with Crippen LogP contribution in [0.3, 0.4) is 0 Å². The summed E-state index contributed by atoms with van der Waals surface area (Å²) in [6.07, 6.45) is 12.7. The maximum absolute atomic E-state index is 9.55. The van der Waals surface area contributed by atoms with Crippen molar-refractivity contribution in [1.82, 2.24) is 15.0 Å². The largest absolute Gasteiger partial charge is 0.361 e. The Morgan fingerprint density at radius 1 is 1.07 bits per heavy atom. The van der Waals surface area contributed by atoms with E-state index in [1.54, 1.807) is 24.8 Å². The van der Waals surface area contributed by atoms with Gasteiger partial charge in [0.25, 0.3) is 0 Å². The second kappa shape index (κ2) is 7.14. The van der Waals surface area contributed by atoms with Crippen molar-refractivity contribution in [3.63, 3.8) is 0 Å². The molecular weight excluding hydrogens is 334 g/mol. The van der Waals surface area contributed by atoms with Crippen molar-refractivity contribution >= 4 is 34.4 Å². The zero-order chi connectivity index (χ0) is 18.6. The number of hydrogen-bond acceptors (Lipinski definition) is 4. The van der Waals surface area contributed by atoms with Gasteiger partial charge in [-0.3, -0.25) is 9.97 Å². The highest BCUT2D eigenvalue weighted by Gasteiger charge is 2.11. The van der Waals surface area contributed by atoms with Crippen molar-refractivity contribution in [2.75, 3.05) is 5.32 Å². The first kappa shape index (κ1) is 16.6. The molecule has 5 heteroatoms. The molecule has 5 nitrogen and oxygen atoms in total. The third-order valence-corrected chi connectivity index (χ3v) is 4.50. The molecule has 0 fully saturated rings. The molecule has 4 aromatic rings. The zero-order valence-electron chi connectivity index (χ0n) is 14.8. The minimum absolute atomic E-state index is 0.497. The minimum Gasteiger partial charge on any atom is -0.361 e. The van der Waals surface area contributed by atoms with E-state index in [9.17, 15) is 5.26 Å². The average molecular weight is 351 g/mol. The van der Waals surface area contributed by atoms with Crippen LogP contribution in [0.4, 0.5) is 11.4 Å². The highest BCUT2D eigenvalue weighted by molar-refractivity contribution is 5.90. The van der Waals surface area contributed by atoms with E-state index in [2.05, 4.69) is 39.3 Å². The molecule has 0 aliphatic rings. The van der Waals surface area contributed by atoms with Crippen molar-refractivity contribution in [2.45, 2.75) is 6.92 Å². The molecule has 27 heavy (non-hydrogen) atoms. The lowest BCUT2D eigenvalue weighted by molar-refractivity contribution is 1.28. The third-order valence-electron chi connectivity index (χ3n) is 4.50. The molecule has 0 saturated carbocycles. The molecule has 0 aliphatic heterocycles. The number of H-pyrrole nitrogens is 1. The van der Waals surface area contributed by atoms with Gasteiger partial charge in [-0.15, -0.1) is 0 Å². The number of aryl methyl sites for hydroxylation is 1. The molecule has 1 aromatic carbocycles. The summed E-state index contributed by atoms with van der Waals surface area (Å²) >= 11 is 0. The molecule has 2 N–H and O–H groups in total. The first-order valence-corrected chi connectivity index (χ1v) is 8.56. The molecule has 0 saturated heterocycles. The second-order valence-electron chi connectivity index (χ2n) is 6.18. The molecule has 0 spiro atoms. The van der Waals surface area contributed by atoms with E-state index in [1.807, 2.05) is 42.6 Å². The topological polar surface area (TPSA) is 77.4 Å². The summed E-state index contributed by atoms with van der Waals surface area (Å²) in [6.45, 7) is 2.07. The van der Waals surface area contributed by atoms with E-state index >= 15 is 0 Å². The van der Waals surface area contributed by atoms with Gasteiger partial charge in [0.1, 0.15) is 6.07 Å². The fraction of sp³-hybridized carbons (Fsp3) is 0.0455. The molecule has 3 aromatic heterocycles. The summed E-state index contributed by atoms with van der Waals surface area (Å²) in [6, 6.07) is 12.2. The van der Waals surface area contributed by atoms with E-state index < -0.39 is 0 Å². The maximum Gasteiger partial charge on any atom is 0.103 e. The fourth-order valence-electron chi connectivity index (χ4n) is 3.04. The number of nitriles is 1. The van der Waals surface area contributed by atoms with E-state index in [0.717, 1.165) is 39.0 Å². The fourth-order valence-corrected chi connectivity index (χ4v) is 3.04. The van der Waals surface area contributed by atoms with Gasteiger partial charge >= 0.3 is 0 Å². The summed E-state index contributed by atoms with van der Waals surface area (Å²) in [5, 5.41) is 14.1. The number of nitrogens with zero attached hydrogens (tertiary/aromatic N) is 3. The number of benzene rings is 1. The lowest BCUT2D eigenvalue weighted by atomic mass is 10.1. The van der Waals surface area contributed by atoms with Gasteiger partial charge < -0.3 is 10.3 Å². The molecule has 0 aliphatic carbocycles. The Kier molecular flexibility index (Phi) is 4.38. The molecule has 3 heterocycles. The molecule has 4 rings (SSSR count). The van der Waals surface area contributed by atoms with Crippen LogP contribution >= 0.6 is 0 Å². The molecular formula is C22H17N5. The Balaban J connectivity index is 1.76. The maximum atomic E-state index is 9.55. The number of fused-ring (bicyclic) bond motifs is 1. The lowest BCUT2D eigenvalue weighted by Crippen LogP contribution is -1.99. The van der Waals surface area contributed by atoms with Crippen LogP contribution < -0.4 is 5.32 Å². The van der Waals surface area contributed by atoms with Crippen molar-refractivity contribution in [1.29, 1.82) is 5.26 Å². The van der Waals surface area contributed by atoms with Gasteiger partial charge in [-0.05, 0) is 42.3 Å². The van der Waals surface area contributed by atoms with Gasteiger partial charge in [-0.1, -0.05) is 18.2 Å². The monoisotopic (exact) mass is 351 g/mol. The Hall–Kier alpha value is -3.91. The highest BCUT2D eigenvalue weighted by Crippen LogP contribution is 2.31. The summed E-state index contributed by atoms with van der Waals surface area (Å²) in [4.78, 5) is 11.5. The van der Waals surface area contributed by atoms with Gasteiger partial charge in [0, 0.05) is 53.1 Å². The summed E-state index contributed by atoms with van der Waals surface area (Å²) in [5.41, 5.74) is 6.23. The number of pyridine rings is 2. The zero-order valence-corrected chi connectivity index (χ0v) is 14.8. The first-order chi connectivity index (χ1) is 13.3. The van der Waals surface area contributed by atoms with Crippen LogP contribution in [0.25, 0.3) is 23.1 Å². The van der Waals surface area contributed by atoms with Crippen LogP contribution in [-0.4, -0.2) is 15.0 Å². The van der Waals surface area contributed by atoms with Crippen LogP contribution in [-0.2, 0) is 0 Å². The van der Waals surface area contributed by atoms with E-state index in [1.165, 1.54) is 0 Å². The molecule has 0 atom stereocenters. The van der Waals surface area contributed by atoms with E-state index in [4.69, 9.17) is 0 Å². The van der Waals surface area contributed by atoms with Gasteiger partial charge in [-0.2, -0.15) is 5.26 Å². The summed E-state index contributed by atoms with van der Waals surface area (Å²) < 4.78 is 0. The van der Waals surface area contributed by atoms with Crippen molar-refractivity contribution in [3.8, 4) is 6.07 Å². The number of hydrogen-bond donors (Lipinski definition) is 2. The smallest absolute Gasteiger partial charge is 0.103 e. The van der Waals surface area contributed by atoms with E-state index in [-0.39, 0.29) is 0 Å². The Morgan fingerprint density at radius 2 is 2.00 bits per heavy atom. The Bertz CT molecular complexity index is 1170. The highest BCUT2D eigenvalue weighted by atomic mass is 14.9. The van der Waals surface area contributed by atoms with Gasteiger partial charge in [-0.25, -0.2) is 0 Å². The van der Waals surface area contributed by atoms with Crippen LogP contribution in [0.2, 0.25) is 0 Å². The third kappa shape index (κ3) is 3.29. The average Bonchev–Trinajstić information content (AvgIpc) is 3.19. The molecule has 0 unspecified atom stereocenters. The lowest BCUT2D eigenvalue weighted by Gasteiger charge is -2.14. The normalized spacial score (nSPS) is 11.0. The standard InChI is InChI=1S/C22H17N5/c1-15-19-8-10-26-21(19)7-6-20(15)27-22-17(13-25-14-18(22)11-23)5-4-16-3-2-9-24-12-16/h2-10,12-14,26H,1H3,(H,25,27). The number of aromatic amines is 1. The predicted molar refractivity (Wildman–Crippen MR) is 108 cm³/mol. The van der Waals surface area contributed by atoms with Gasteiger partial charge in [0.15, 0.2) is 0 Å². The molecule has 0 radical (unpaired) electrons. The number of anilines is 2. The predicted octanol–water partition coefficient (Wildman–Crippen LogP) is 5.05. The van der Waals surface area contributed by atoms with Gasteiger partial charge in [0.2, 0.25) is 0 Å². The summed E-state index contributed by atoms with van der Waals surface area (Å²) in [5.74, 6) is 0. The Labute approximate surface area is 157 Å². The Morgan fingerprint density at radius 3 is 2.81 bits per heavy atom. The van der Waals surface area contributed by atoms with Gasteiger partial charge in [0.05, 0.1) is 11.3 Å². The van der Waals surface area contributed by atoms with Crippen LogP contribution in [0.5, 0.6) is 0 Å². The van der Waals surface area contributed by atoms with Crippen molar-refractivity contribution < 1.29 is 0 Å². The van der Waals surface area contributed by atoms with Crippen molar-refractivity contribution in [3.05, 3.63) is 83.6 Å². The van der Waals surface area contributed by atoms with Crippen LogP contribution in [0, 0.1) is 18.3 Å².